The van der Waals surface area contributed by atoms with Gasteiger partial charge >= 0.3 is 12.1 Å². The van der Waals surface area contributed by atoms with Crippen molar-refractivity contribution in [3.63, 3.8) is 0 Å². The lowest BCUT2D eigenvalue weighted by molar-refractivity contribution is -0.139. The molecule has 0 heterocycles. The van der Waals surface area contributed by atoms with Gasteiger partial charge in [0.1, 0.15) is 30.8 Å². The van der Waals surface area contributed by atoms with Crippen LogP contribution in [0.25, 0.3) is 11.1 Å². The van der Waals surface area contributed by atoms with E-state index in [1.54, 1.807) is 18.2 Å². The van der Waals surface area contributed by atoms with Crippen LogP contribution in [0.1, 0.15) is 28.2 Å². The SMILES string of the molecule is O=C(O)COc1cccc(NC(=O)[C@H](Cc2ccc(OCc3ccccc3)cc2)NC(=O)OCC2c3ccccc3-c3ccccc32)c1. The first-order valence-electron chi connectivity index (χ1n) is 15.6. The van der Waals surface area contributed by atoms with Crippen LogP contribution in [-0.4, -0.2) is 42.3 Å². The maximum Gasteiger partial charge on any atom is 0.407 e. The molecule has 5 aromatic carbocycles. The molecule has 0 spiro atoms. The second-order valence-electron chi connectivity index (χ2n) is 11.3. The van der Waals surface area contributed by atoms with Crippen molar-refractivity contribution in [1.29, 1.82) is 0 Å². The van der Waals surface area contributed by atoms with Gasteiger partial charge in [0.05, 0.1) is 0 Å². The molecule has 0 bridgehead atoms. The van der Waals surface area contributed by atoms with Crippen molar-refractivity contribution in [2.75, 3.05) is 18.5 Å². The van der Waals surface area contributed by atoms with Gasteiger partial charge in [0.25, 0.3) is 0 Å². The Hall–Kier alpha value is -6.09. The molecule has 6 rings (SSSR count). The van der Waals surface area contributed by atoms with Gasteiger partial charge in [-0.25, -0.2) is 9.59 Å². The van der Waals surface area contributed by atoms with Gasteiger partial charge in [-0.05, 0) is 57.6 Å². The molecule has 1 aliphatic rings. The highest BCUT2D eigenvalue weighted by Gasteiger charge is 2.30. The monoisotopic (exact) mass is 642 g/mol. The summed E-state index contributed by atoms with van der Waals surface area (Å²) in [6.07, 6.45) is -0.553. The van der Waals surface area contributed by atoms with E-state index >= 15 is 0 Å². The fraction of sp³-hybridized carbons (Fsp3) is 0.154. The number of ether oxygens (including phenoxy) is 3. The smallest absolute Gasteiger partial charge is 0.407 e. The lowest BCUT2D eigenvalue weighted by Gasteiger charge is -2.20. The van der Waals surface area contributed by atoms with Gasteiger partial charge in [0.15, 0.2) is 6.61 Å². The zero-order valence-corrected chi connectivity index (χ0v) is 26.0. The van der Waals surface area contributed by atoms with Crippen molar-refractivity contribution in [3.05, 3.63) is 150 Å². The summed E-state index contributed by atoms with van der Waals surface area (Å²) in [5.41, 5.74) is 6.62. The molecule has 1 atom stereocenters. The van der Waals surface area contributed by atoms with Gasteiger partial charge in [0.2, 0.25) is 5.91 Å². The predicted octanol–water partition coefficient (Wildman–Crippen LogP) is 6.82. The lowest BCUT2D eigenvalue weighted by Crippen LogP contribution is -2.45. The van der Waals surface area contributed by atoms with Crippen molar-refractivity contribution in [2.24, 2.45) is 0 Å². The lowest BCUT2D eigenvalue weighted by atomic mass is 9.98. The van der Waals surface area contributed by atoms with Crippen LogP contribution in [0.2, 0.25) is 0 Å². The van der Waals surface area contributed by atoms with E-state index in [-0.39, 0.29) is 24.7 Å². The van der Waals surface area contributed by atoms with Crippen LogP contribution in [0, 0.1) is 0 Å². The van der Waals surface area contributed by atoms with Gasteiger partial charge in [-0.2, -0.15) is 0 Å². The van der Waals surface area contributed by atoms with E-state index in [0.29, 0.717) is 18.0 Å². The number of amides is 2. The molecule has 3 N–H and O–H groups in total. The minimum Gasteiger partial charge on any atom is -0.489 e. The first-order chi connectivity index (χ1) is 23.4. The quantitative estimate of drug-likeness (QED) is 0.129. The summed E-state index contributed by atoms with van der Waals surface area (Å²) in [5.74, 6) is -0.780. The number of alkyl carbamates (subject to hydrolysis) is 1. The fourth-order valence-electron chi connectivity index (χ4n) is 5.73. The maximum atomic E-state index is 13.6. The molecule has 0 unspecified atom stereocenters. The number of fused-ring (bicyclic) bond motifs is 3. The zero-order chi connectivity index (χ0) is 33.3. The largest absolute Gasteiger partial charge is 0.489 e. The van der Waals surface area contributed by atoms with E-state index in [1.807, 2.05) is 91.0 Å². The van der Waals surface area contributed by atoms with Crippen molar-refractivity contribution in [2.45, 2.75) is 25.0 Å². The van der Waals surface area contributed by atoms with E-state index < -0.39 is 30.6 Å². The number of aliphatic carboxylic acids is 1. The Kier molecular flexibility index (Phi) is 9.96. The molecular weight excluding hydrogens is 608 g/mol. The molecule has 0 saturated heterocycles. The molecule has 9 heteroatoms. The summed E-state index contributed by atoms with van der Waals surface area (Å²) in [5, 5.41) is 14.5. The van der Waals surface area contributed by atoms with Crippen LogP contribution in [0.5, 0.6) is 11.5 Å². The normalized spacial score (nSPS) is 12.2. The molecule has 5 aromatic rings. The summed E-state index contributed by atoms with van der Waals surface area (Å²) in [6.45, 7) is 0.00281. The highest BCUT2D eigenvalue weighted by Crippen LogP contribution is 2.44. The number of hydrogen-bond donors (Lipinski definition) is 3. The molecule has 0 fully saturated rings. The number of hydrogen-bond acceptors (Lipinski definition) is 6. The molecule has 2 amide bonds. The van der Waals surface area contributed by atoms with Crippen LogP contribution >= 0.6 is 0 Å². The standard InChI is InChI=1S/C39H34N2O7/c42-37(43)25-47-30-12-8-11-28(22-30)40-38(44)36(21-26-17-19-29(20-18-26)46-23-27-9-2-1-3-10-27)41-39(45)48-24-35-33-15-6-4-13-31(33)32-14-5-7-16-34(32)35/h1-20,22,35-36H,21,23-25H2,(H,40,44)(H,41,45)(H,42,43)/t36-/m0/s1. The van der Waals surface area contributed by atoms with Gasteiger partial charge in [-0.1, -0.05) is 97.1 Å². The van der Waals surface area contributed by atoms with Gasteiger partial charge in [-0.3, -0.25) is 4.79 Å². The fourth-order valence-corrected chi connectivity index (χ4v) is 5.73. The molecule has 0 radical (unpaired) electrons. The van der Waals surface area contributed by atoms with E-state index in [4.69, 9.17) is 19.3 Å². The van der Waals surface area contributed by atoms with Gasteiger partial charge < -0.3 is 30.0 Å². The topological polar surface area (TPSA) is 123 Å². The van der Waals surface area contributed by atoms with Gasteiger partial charge in [-0.15, -0.1) is 0 Å². The van der Waals surface area contributed by atoms with Crippen molar-refractivity contribution in [3.8, 4) is 22.6 Å². The summed E-state index contributed by atoms with van der Waals surface area (Å²) in [6, 6.07) is 38.7. The third kappa shape index (κ3) is 8.00. The van der Waals surface area contributed by atoms with Crippen LogP contribution < -0.4 is 20.1 Å². The first kappa shape index (κ1) is 31.9. The molecule has 0 aromatic heterocycles. The number of carboxylic acids is 1. The maximum absolute atomic E-state index is 13.6. The van der Waals surface area contributed by atoms with Crippen LogP contribution in [-0.2, 0) is 27.4 Å². The Bertz CT molecular complexity index is 1850. The Morgan fingerprint density at radius 2 is 1.35 bits per heavy atom. The number of nitrogens with one attached hydrogen (secondary N) is 2. The predicted molar refractivity (Wildman–Crippen MR) is 181 cm³/mol. The highest BCUT2D eigenvalue weighted by molar-refractivity contribution is 5.97. The Balaban J connectivity index is 1.14. The Labute approximate surface area is 278 Å². The minimum atomic E-state index is -1.12. The summed E-state index contributed by atoms with van der Waals surface area (Å²) < 4.78 is 16.9. The summed E-state index contributed by atoms with van der Waals surface area (Å²) in [7, 11) is 0. The van der Waals surface area contributed by atoms with Crippen LogP contribution in [0.15, 0.2) is 127 Å². The number of carbonyl (C=O) groups excluding carboxylic acids is 2. The summed E-state index contributed by atoms with van der Waals surface area (Å²) in [4.78, 5) is 37.8. The number of benzene rings is 5. The third-order valence-electron chi connectivity index (χ3n) is 8.03. The summed E-state index contributed by atoms with van der Waals surface area (Å²) >= 11 is 0. The molecule has 9 nitrogen and oxygen atoms in total. The Morgan fingerprint density at radius 1 is 0.688 bits per heavy atom. The molecule has 0 saturated carbocycles. The van der Waals surface area contributed by atoms with E-state index in [0.717, 1.165) is 33.4 Å². The van der Waals surface area contributed by atoms with Crippen LogP contribution in [0.3, 0.4) is 0 Å². The average Bonchev–Trinajstić information content (AvgIpc) is 3.43. The molecule has 0 aliphatic heterocycles. The number of rotatable bonds is 13. The van der Waals surface area contributed by atoms with Crippen molar-refractivity contribution < 1.29 is 33.7 Å². The number of anilines is 1. The van der Waals surface area contributed by atoms with Crippen molar-refractivity contribution >= 4 is 23.7 Å². The van der Waals surface area contributed by atoms with E-state index in [1.165, 1.54) is 6.07 Å². The molecule has 1 aliphatic carbocycles. The second-order valence-corrected chi connectivity index (χ2v) is 11.3. The van der Waals surface area contributed by atoms with E-state index in [2.05, 4.69) is 22.8 Å². The second kappa shape index (κ2) is 15.0. The average molecular weight is 643 g/mol. The molecule has 242 valence electrons. The molecule has 48 heavy (non-hydrogen) atoms. The zero-order valence-electron chi connectivity index (χ0n) is 26.0. The highest BCUT2D eigenvalue weighted by atomic mass is 16.5. The minimum absolute atomic E-state index is 0.102. The number of carbonyl (C=O) groups is 3. The molecular formula is C39H34N2O7. The first-order valence-corrected chi connectivity index (χ1v) is 15.6. The van der Waals surface area contributed by atoms with E-state index in [9.17, 15) is 14.4 Å². The Morgan fingerprint density at radius 3 is 2.04 bits per heavy atom. The van der Waals surface area contributed by atoms with Gasteiger partial charge in [0, 0.05) is 24.1 Å². The van der Waals surface area contributed by atoms with Crippen molar-refractivity contribution in [1.82, 2.24) is 5.32 Å². The van der Waals surface area contributed by atoms with Crippen LogP contribution in [0.4, 0.5) is 10.5 Å². The third-order valence-corrected chi connectivity index (χ3v) is 8.03. The number of carboxylic acid groups (broad SMARTS) is 1.